The summed E-state index contributed by atoms with van der Waals surface area (Å²) < 4.78 is 10.9. The average molecular weight is 292 g/mol. The van der Waals surface area contributed by atoms with Crippen molar-refractivity contribution in [3.63, 3.8) is 0 Å². The molecule has 110 valence electrons. The second kappa shape index (κ2) is 5.22. The second-order valence-corrected chi connectivity index (χ2v) is 5.25. The van der Waals surface area contributed by atoms with Crippen molar-refractivity contribution in [3.8, 4) is 16.9 Å². The van der Waals surface area contributed by atoms with Gasteiger partial charge in [-0.05, 0) is 35.4 Å². The van der Waals surface area contributed by atoms with Gasteiger partial charge in [-0.25, -0.2) is 0 Å². The fraction of sp³-hybridized carbons (Fsp3) is 0.167. The molecule has 0 unspecified atom stereocenters. The highest BCUT2D eigenvalue weighted by Gasteiger charge is 2.15. The van der Waals surface area contributed by atoms with Gasteiger partial charge in [0.05, 0.1) is 19.9 Å². The Morgan fingerprint density at radius 2 is 1.91 bits per heavy atom. The van der Waals surface area contributed by atoms with Crippen LogP contribution in [0.15, 0.2) is 58.1 Å². The van der Waals surface area contributed by atoms with E-state index >= 15 is 0 Å². The Kier molecular flexibility index (Phi) is 3.07. The standard InChI is InChI=1S/C18H16N2O2/c1-21-15-5-2-12(3-6-15)13-4-7-16-14(10-13)11-22-17(16)18-19-8-9-20-18/h2-7,10-11H,8-9H2,1H3,(H,19,20). The number of nitrogens with zero attached hydrogens (tertiary/aromatic N) is 1. The fourth-order valence-corrected chi connectivity index (χ4v) is 2.75. The molecule has 0 saturated heterocycles. The van der Waals surface area contributed by atoms with Crippen molar-refractivity contribution in [2.75, 3.05) is 20.2 Å². The smallest absolute Gasteiger partial charge is 0.176 e. The summed E-state index contributed by atoms with van der Waals surface area (Å²) in [6.07, 6.45) is 1.79. The van der Waals surface area contributed by atoms with Gasteiger partial charge in [-0.15, -0.1) is 0 Å². The number of rotatable bonds is 3. The minimum Gasteiger partial charge on any atom is -0.497 e. The third-order valence-corrected chi connectivity index (χ3v) is 3.91. The molecule has 0 fully saturated rings. The SMILES string of the molecule is COc1ccc(-c2ccc3c(C4=NCCN4)occ3c2)cc1. The van der Waals surface area contributed by atoms with Crippen LogP contribution in [0.1, 0.15) is 5.76 Å². The Morgan fingerprint density at radius 1 is 1.09 bits per heavy atom. The average Bonchev–Trinajstić information content (AvgIpc) is 3.23. The van der Waals surface area contributed by atoms with Gasteiger partial charge < -0.3 is 14.5 Å². The molecule has 3 aromatic rings. The largest absolute Gasteiger partial charge is 0.497 e. The molecule has 0 radical (unpaired) electrons. The summed E-state index contributed by atoms with van der Waals surface area (Å²) in [7, 11) is 1.67. The second-order valence-electron chi connectivity index (χ2n) is 5.25. The van der Waals surface area contributed by atoms with E-state index in [1.54, 1.807) is 13.4 Å². The number of furan rings is 1. The zero-order valence-corrected chi connectivity index (χ0v) is 12.3. The lowest BCUT2D eigenvalue weighted by molar-refractivity contribution is 0.415. The van der Waals surface area contributed by atoms with E-state index in [-0.39, 0.29) is 0 Å². The van der Waals surface area contributed by atoms with Crippen LogP contribution in [-0.4, -0.2) is 26.0 Å². The highest BCUT2D eigenvalue weighted by atomic mass is 16.5. The Hall–Kier alpha value is -2.75. The maximum absolute atomic E-state index is 5.71. The fourth-order valence-electron chi connectivity index (χ4n) is 2.75. The van der Waals surface area contributed by atoms with Crippen LogP contribution in [-0.2, 0) is 0 Å². The highest BCUT2D eigenvalue weighted by molar-refractivity contribution is 6.08. The maximum Gasteiger partial charge on any atom is 0.176 e. The molecule has 1 N–H and O–H groups in total. The number of benzene rings is 2. The minimum atomic E-state index is 0.807. The molecule has 0 saturated carbocycles. The van der Waals surface area contributed by atoms with Crippen LogP contribution in [0.25, 0.3) is 21.9 Å². The van der Waals surface area contributed by atoms with Crippen LogP contribution in [0.5, 0.6) is 5.75 Å². The quantitative estimate of drug-likeness (QED) is 0.804. The molecule has 2 aromatic carbocycles. The summed E-state index contributed by atoms with van der Waals surface area (Å²) >= 11 is 0. The van der Waals surface area contributed by atoms with Crippen molar-refractivity contribution in [3.05, 3.63) is 54.5 Å². The van der Waals surface area contributed by atoms with E-state index in [4.69, 9.17) is 9.15 Å². The summed E-state index contributed by atoms with van der Waals surface area (Å²) in [6.45, 7) is 1.68. The van der Waals surface area contributed by atoms with Crippen LogP contribution in [0, 0.1) is 0 Å². The van der Waals surface area contributed by atoms with Gasteiger partial charge in [-0.1, -0.05) is 18.2 Å². The molecule has 1 aliphatic heterocycles. The van der Waals surface area contributed by atoms with Gasteiger partial charge in [0.2, 0.25) is 0 Å². The van der Waals surface area contributed by atoms with E-state index < -0.39 is 0 Å². The first kappa shape index (κ1) is 13.0. The van der Waals surface area contributed by atoms with Crippen molar-refractivity contribution in [2.45, 2.75) is 0 Å². The van der Waals surface area contributed by atoms with Gasteiger partial charge >= 0.3 is 0 Å². The first-order chi connectivity index (χ1) is 10.8. The van der Waals surface area contributed by atoms with Crippen molar-refractivity contribution in [2.24, 2.45) is 4.99 Å². The number of hydrogen-bond acceptors (Lipinski definition) is 4. The molecule has 4 heteroatoms. The first-order valence-corrected chi connectivity index (χ1v) is 7.29. The molecule has 4 nitrogen and oxygen atoms in total. The highest BCUT2D eigenvalue weighted by Crippen LogP contribution is 2.29. The van der Waals surface area contributed by atoms with Crippen LogP contribution >= 0.6 is 0 Å². The number of hydrogen-bond donors (Lipinski definition) is 1. The van der Waals surface area contributed by atoms with Crippen LogP contribution in [0.3, 0.4) is 0 Å². The normalized spacial score (nSPS) is 14.0. The third-order valence-electron chi connectivity index (χ3n) is 3.91. The van der Waals surface area contributed by atoms with Gasteiger partial charge in [0.15, 0.2) is 11.6 Å². The molecule has 0 atom stereocenters. The van der Waals surface area contributed by atoms with Crippen molar-refractivity contribution in [1.82, 2.24) is 5.32 Å². The first-order valence-electron chi connectivity index (χ1n) is 7.29. The maximum atomic E-state index is 5.71. The zero-order valence-electron chi connectivity index (χ0n) is 12.3. The number of aliphatic imine (C=N–C) groups is 1. The molecule has 2 heterocycles. The molecule has 22 heavy (non-hydrogen) atoms. The van der Waals surface area contributed by atoms with E-state index in [1.165, 1.54) is 0 Å². The molecule has 4 rings (SSSR count). The van der Waals surface area contributed by atoms with Crippen molar-refractivity contribution in [1.29, 1.82) is 0 Å². The zero-order chi connectivity index (χ0) is 14.9. The summed E-state index contributed by atoms with van der Waals surface area (Å²) in [5.41, 5.74) is 2.31. The predicted molar refractivity (Wildman–Crippen MR) is 87.6 cm³/mol. The van der Waals surface area contributed by atoms with Crippen LogP contribution in [0.4, 0.5) is 0 Å². The number of nitrogens with one attached hydrogen (secondary N) is 1. The van der Waals surface area contributed by atoms with Gasteiger partial charge in [-0.3, -0.25) is 4.99 Å². The van der Waals surface area contributed by atoms with E-state index in [1.807, 2.05) is 12.1 Å². The minimum absolute atomic E-state index is 0.807. The van der Waals surface area contributed by atoms with E-state index in [2.05, 4.69) is 40.6 Å². The van der Waals surface area contributed by atoms with Gasteiger partial charge in [-0.2, -0.15) is 0 Å². The van der Waals surface area contributed by atoms with Gasteiger partial charge in [0, 0.05) is 17.3 Å². The Labute approximate surface area is 128 Å². The lowest BCUT2D eigenvalue weighted by Gasteiger charge is -2.04. The summed E-state index contributed by atoms with van der Waals surface area (Å²) in [4.78, 5) is 4.43. The van der Waals surface area contributed by atoms with E-state index in [0.29, 0.717) is 0 Å². The molecular weight excluding hydrogens is 276 g/mol. The van der Waals surface area contributed by atoms with E-state index in [9.17, 15) is 0 Å². The lowest BCUT2D eigenvalue weighted by atomic mass is 10.0. The molecular formula is C18H16N2O2. The topological polar surface area (TPSA) is 46.8 Å². The lowest BCUT2D eigenvalue weighted by Crippen LogP contribution is -2.18. The van der Waals surface area contributed by atoms with Crippen LogP contribution in [0.2, 0.25) is 0 Å². The molecule has 0 spiro atoms. The van der Waals surface area contributed by atoms with Gasteiger partial charge in [0.1, 0.15) is 5.75 Å². The van der Waals surface area contributed by atoms with Crippen molar-refractivity contribution < 1.29 is 9.15 Å². The monoisotopic (exact) mass is 292 g/mol. The number of amidine groups is 1. The molecule has 0 bridgehead atoms. The number of methoxy groups -OCH3 is 1. The number of ether oxygens (including phenoxy) is 1. The Balaban J connectivity index is 1.74. The van der Waals surface area contributed by atoms with Crippen molar-refractivity contribution >= 4 is 16.6 Å². The summed E-state index contributed by atoms with van der Waals surface area (Å²) in [5.74, 6) is 2.54. The van der Waals surface area contributed by atoms with Crippen LogP contribution < -0.4 is 10.1 Å². The predicted octanol–water partition coefficient (Wildman–Crippen LogP) is 3.46. The Morgan fingerprint density at radius 3 is 2.64 bits per heavy atom. The Bertz CT molecular complexity index is 847. The molecule has 1 aromatic heterocycles. The number of fused-ring (bicyclic) bond motifs is 1. The summed E-state index contributed by atoms with van der Waals surface area (Å²) in [5, 5.41) is 5.42. The molecule has 0 amide bonds. The molecule has 1 aliphatic rings. The van der Waals surface area contributed by atoms with E-state index in [0.717, 1.165) is 52.3 Å². The summed E-state index contributed by atoms with van der Waals surface area (Å²) in [6, 6.07) is 14.4. The molecule has 0 aliphatic carbocycles. The third kappa shape index (κ3) is 2.13. The van der Waals surface area contributed by atoms with Gasteiger partial charge in [0.25, 0.3) is 0 Å².